The molecule has 1 aromatic rings. The van der Waals surface area contributed by atoms with E-state index in [1.807, 2.05) is 0 Å². The predicted octanol–water partition coefficient (Wildman–Crippen LogP) is 4.25. The summed E-state index contributed by atoms with van der Waals surface area (Å²) in [5, 5.41) is 3.54. The van der Waals surface area contributed by atoms with Crippen LogP contribution in [-0.4, -0.2) is 19.0 Å². The summed E-state index contributed by atoms with van der Waals surface area (Å²) in [6.45, 7) is 6.71. The Hall–Kier alpha value is -0.530. The molecule has 0 aliphatic carbocycles. The first-order chi connectivity index (χ1) is 8.64. The van der Waals surface area contributed by atoms with Crippen LogP contribution in [0, 0.1) is 5.41 Å². The summed E-state index contributed by atoms with van der Waals surface area (Å²) >= 11 is 5.79. The van der Waals surface area contributed by atoms with Crippen molar-refractivity contribution in [3.8, 4) is 0 Å². The molecule has 0 unspecified atom stereocenters. The Labute approximate surface area is 117 Å². The van der Waals surface area contributed by atoms with Crippen molar-refractivity contribution in [3.05, 3.63) is 35.9 Å². The zero-order valence-corrected chi connectivity index (χ0v) is 12.5. The van der Waals surface area contributed by atoms with Gasteiger partial charge in [-0.2, -0.15) is 0 Å². The van der Waals surface area contributed by atoms with Crippen LogP contribution in [0.3, 0.4) is 0 Å². The van der Waals surface area contributed by atoms with Crippen LogP contribution in [0.2, 0.25) is 0 Å². The Kier molecular flexibility index (Phi) is 7.38. The zero-order valence-electron chi connectivity index (χ0n) is 11.7. The number of rotatable bonds is 9. The Morgan fingerprint density at radius 3 is 2.50 bits per heavy atom. The molecule has 0 atom stereocenters. The Balaban J connectivity index is 2.02. The van der Waals surface area contributed by atoms with E-state index in [4.69, 9.17) is 11.6 Å². The topological polar surface area (TPSA) is 12.0 Å². The second kappa shape index (κ2) is 8.55. The van der Waals surface area contributed by atoms with Crippen LogP contribution in [0.25, 0.3) is 0 Å². The smallest absolute Gasteiger partial charge is 0.0229 e. The van der Waals surface area contributed by atoms with Gasteiger partial charge in [0.2, 0.25) is 0 Å². The molecule has 1 rings (SSSR count). The van der Waals surface area contributed by atoms with Crippen LogP contribution in [0.15, 0.2) is 30.3 Å². The maximum Gasteiger partial charge on any atom is 0.0229 e. The van der Waals surface area contributed by atoms with Gasteiger partial charge in [0.05, 0.1) is 0 Å². The molecule has 0 bridgehead atoms. The molecule has 0 aliphatic heterocycles. The van der Waals surface area contributed by atoms with Crippen LogP contribution in [0.4, 0.5) is 0 Å². The van der Waals surface area contributed by atoms with Gasteiger partial charge in [-0.3, -0.25) is 0 Å². The number of halogens is 1. The molecular weight excluding hydrogens is 242 g/mol. The zero-order chi connectivity index (χ0) is 13.3. The number of alkyl halides is 1. The first-order valence-electron chi connectivity index (χ1n) is 6.95. The number of nitrogens with one attached hydrogen (secondary N) is 1. The van der Waals surface area contributed by atoms with E-state index < -0.39 is 0 Å². The first kappa shape index (κ1) is 15.5. The van der Waals surface area contributed by atoms with Crippen LogP contribution in [0.5, 0.6) is 0 Å². The third kappa shape index (κ3) is 7.03. The normalized spacial score (nSPS) is 11.7. The molecule has 0 radical (unpaired) electrons. The van der Waals surface area contributed by atoms with Crippen molar-refractivity contribution in [2.75, 3.05) is 19.0 Å². The Morgan fingerprint density at radius 2 is 1.83 bits per heavy atom. The van der Waals surface area contributed by atoms with Gasteiger partial charge in [0, 0.05) is 12.4 Å². The molecule has 0 saturated carbocycles. The van der Waals surface area contributed by atoms with Crippen molar-refractivity contribution in [3.63, 3.8) is 0 Å². The molecular formula is C16H26ClN. The van der Waals surface area contributed by atoms with E-state index in [1.165, 1.54) is 24.8 Å². The molecule has 0 amide bonds. The quantitative estimate of drug-likeness (QED) is 0.521. The van der Waals surface area contributed by atoms with Gasteiger partial charge >= 0.3 is 0 Å². The second-order valence-electron chi connectivity index (χ2n) is 5.72. The van der Waals surface area contributed by atoms with E-state index in [-0.39, 0.29) is 0 Å². The molecule has 0 aliphatic rings. The van der Waals surface area contributed by atoms with Gasteiger partial charge in [-0.15, -0.1) is 11.6 Å². The molecule has 102 valence electrons. The van der Waals surface area contributed by atoms with Crippen LogP contribution < -0.4 is 5.32 Å². The van der Waals surface area contributed by atoms with Crippen molar-refractivity contribution in [1.29, 1.82) is 0 Å². The second-order valence-corrected chi connectivity index (χ2v) is 6.10. The van der Waals surface area contributed by atoms with E-state index in [2.05, 4.69) is 49.5 Å². The molecule has 18 heavy (non-hydrogen) atoms. The van der Waals surface area contributed by atoms with Crippen LogP contribution in [-0.2, 0) is 6.42 Å². The molecule has 1 nitrogen and oxygen atoms in total. The van der Waals surface area contributed by atoms with Gasteiger partial charge in [-0.25, -0.2) is 0 Å². The van der Waals surface area contributed by atoms with Gasteiger partial charge in [-0.1, -0.05) is 44.2 Å². The molecule has 1 N–H and O–H groups in total. The monoisotopic (exact) mass is 267 g/mol. The minimum Gasteiger partial charge on any atom is -0.316 e. The maximum atomic E-state index is 5.79. The lowest BCUT2D eigenvalue weighted by Crippen LogP contribution is -2.30. The minimum atomic E-state index is 0.321. The molecule has 2 heteroatoms. The molecule has 0 heterocycles. The highest BCUT2D eigenvalue weighted by Crippen LogP contribution is 2.19. The first-order valence-corrected chi connectivity index (χ1v) is 7.48. The summed E-state index contributed by atoms with van der Waals surface area (Å²) in [6, 6.07) is 10.7. The van der Waals surface area contributed by atoms with Crippen molar-refractivity contribution < 1.29 is 0 Å². The predicted molar refractivity (Wildman–Crippen MR) is 81.4 cm³/mol. The largest absolute Gasteiger partial charge is 0.316 e. The van der Waals surface area contributed by atoms with Crippen molar-refractivity contribution >= 4 is 11.6 Å². The van der Waals surface area contributed by atoms with Crippen LogP contribution >= 0.6 is 11.6 Å². The summed E-state index contributed by atoms with van der Waals surface area (Å²) < 4.78 is 0. The van der Waals surface area contributed by atoms with E-state index in [0.29, 0.717) is 5.41 Å². The average molecular weight is 268 g/mol. The fraction of sp³-hybridized carbons (Fsp3) is 0.625. The highest BCUT2D eigenvalue weighted by Gasteiger charge is 2.15. The standard InChI is InChI=1S/C16H26ClN/c1-16(2,11-12-17)14-18-13-7-6-10-15-8-4-3-5-9-15/h3-5,8-9,18H,6-7,10-14H2,1-2H3. The number of hydrogen-bond acceptors (Lipinski definition) is 1. The highest BCUT2D eigenvalue weighted by molar-refractivity contribution is 6.17. The molecule has 1 aromatic carbocycles. The van der Waals surface area contributed by atoms with Crippen molar-refractivity contribution in [1.82, 2.24) is 5.32 Å². The van der Waals surface area contributed by atoms with E-state index >= 15 is 0 Å². The molecule has 0 saturated heterocycles. The SMILES string of the molecule is CC(C)(CCCl)CNCCCCc1ccccc1. The maximum absolute atomic E-state index is 5.79. The van der Waals surface area contributed by atoms with E-state index in [9.17, 15) is 0 Å². The third-order valence-corrected chi connectivity index (χ3v) is 3.48. The van der Waals surface area contributed by atoms with Crippen molar-refractivity contribution in [2.45, 2.75) is 39.5 Å². The van der Waals surface area contributed by atoms with E-state index in [0.717, 1.165) is 25.4 Å². The summed E-state index contributed by atoms with van der Waals surface area (Å²) in [6.07, 6.45) is 4.76. The van der Waals surface area contributed by atoms with Gasteiger partial charge in [0.25, 0.3) is 0 Å². The highest BCUT2D eigenvalue weighted by atomic mass is 35.5. The van der Waals surface area contributed by atoms with Gasteiger partial charge in [0.15, 0.2) is 0 Å². The number of unbranched alkanes of at least 4 members (excludes halogenated alkanes) is 1. The third-order valence-electron chi connectivity index (χ3n) is 3.29. The van der Waals surface area contributed by atoms with E-state index in [1.54, 1.807) is 0 Å². The number of hydrogen-bond donors (Lipinski definition) is 1. The lowest BCUT2D eigenvalue weighted by atomic mass is 9.90. The Morgan fingerprint density at radius 1 is 1.11 bits per heavy atom. The van der Waals surface area contributed by atoms with Gasteiger partial charge in [-0.05, 0) is 43.2 Å². The fourth-order valence-corrected chi connectivity index (χ4v) is 2.51. The lowest BCUT2D eigenvalue weighted by molar-refractivity contribution is 0.329. The summed E-state index contributed by atoms with van der Waals surface area (Å²) in [5.74, 6) is 0.753. The van der Waals surface area contributed by atoms with Gasteiger partial charge < -0.3 is 5.32 Å². The Bertz CT molecular complexity index is 308. The number of benzene rings is 1. The van der Waals surface area contributed by atoms with Crippen molar-refractivity contribution in [2.24, 2.45) is 5.41 Å². The van der Waals surface area contributed by atoms with Gasteiger partial charge in [0.1, 0.15) is 0 Å². The summed E-state index contributed by atoms with van der Waals surface area (Å²) in [5.41, 5.74) is 1.77. The molecule has 0 fully saturated rings. The molecule has 0 spiro atoms. The minimum absolute atomic E-state index is 0.321. The summed E-state index contributed by atoms with van der Waals surface area (Å²) in [7, 11) is 0. The number of aryl methyl sites for hydroxylation is 1. The molecule has 0 aromatic heterocycles. The average Bonchev–Trinajstić information content (AvgIpc) is 2.35. The lowest BCUT2D eigenvalue weighted by Gasteiger charge is -2.23. The fourth-order valence-electron chi connectivity index (χ4n) is 1.99. The van der Waals surface area contributed by atoms with Crippen LogP contribution in [0.1, 0.15) is 38.7 Å². The summed E-state index contributed by atoms with van der Waals surface area (Å²) in [4.78, 5) is 0.